The summed E-state index contributed by atoms with van der Waals surface area (Å²) in [5, 5.41) is 12.7. The van der Waals surface area contributed by atoms with Crippen LogP contribution in [0.15, 0.2) is 18.2 Å². The summed E-state index contributed by atoms with van der Waals surface area (Å²) in [6, 6.07) is 3.78. The molecular formula is C13H17FN2O3. The average Bonchev–Trinajstić information content (AvgIpc) is 2.83. The van der Waals surface area contributed by atoms with Gasteiger partial charge in [-0.15, -0.1) is 0 Å². The number of halogens is 1. The average molecular weight is 268 g/mol. The van der Waals surface area contributed by atoms with Crippen LogP contribution in [0.2, 0.25) is 0 Å². The van der Waals surface area contributed by atoms with Gasteiger partial charge in [0.05, 0.1) is 19.3 Å². The summed E-state index contributed by atoms with van der Waals surface area (Å²) in [6.45, 7) is 0.987. The lowest BCUT2D eigenvalue weighted by Gasteiger charge is -2.26. The molecule has 1 fully saturated rings. The topological polar surface area (TPSA) is 61.8 Å². The maximum absolute atomic E-state index is 13.6. The molecule has 0 aromatic heterocycles. The Balaban J connectivity index is 2.17. The third-order valence-electron chi connectivity index (χ3n) is 3.37. The molecule has 1 aliphatic heterocycles. The molecule has 1 saturated heterocycles. The maximum atomic E-state index is 13.6. The van der Waals surface area contributed by atoms with E-state index in [1.807, 2.05) is 0 Å². The summed E-state index contributed by atoms with van der Waals surface area (Å²) < 4.78 is 18.4. The number of carbonyl (C=O) groups is 1. The Labute approximate surface area is 111 Å². The van der Waals surface area contributed by atoms with Crippen LogP contribution in [-0.2, 0) is 0 Å². The van der Waals surface area contributed by atoms with Crippen LogP contribution >= 0.6 is 0 Å². The molecule has 2 atom stereocenters. The fraction of sp³-hybridized carbons (Fsp3) is 0.462. The van der Waals surface area contributed by atoms with Gasteiger partial charge < -0.3 is 20.1 Å². The van der Waals surface area contributed by atoms with Gasteiger partial charge in [0.1, 0.15) is 0 Å². The highest BCUT2D eigenvalue weighted by atomic mass is 19.1. The molecule has 1 aromatic carbocycles. The normalized spacial score (nSPS) is 22.3. The number of hydrogen-bond acceptors (Lipinski definition) is 4. The zero-order valence-electron chi connectivity index (χ0n) is 10.9. The predicted molar refractivity (Wildman–Crippen MR) is 67.7 cm³/mol. The number of aliphatic hydroxyl groups is 1. The smallest absolute Gasteiger partial charge is 0.254 e. The summed E-state index contributed by atoms with van der Waals surface area (Å²) in [6.07, 6.45) is -0.600. The summed E-state index contributed by atoms with van der Waals surface area (Å²) in [7, 11) is 2.97. The van der Waals surface area contributed by atoms with Gasteiger partial charge in [0.15, 0.2) is 11.6 Å². The monoisotopic (exact) mass is 268 g/mol. The van der Waals surface area contributed by atoms with Gasteiger partial charge in [-0.25, -0.2) is 4.39 Å². The Morgan fingerprint density at radius 3 is 2.79 bits per heavy atom. The van der Waals surface area contributed by atoms with E-state index in [2.05, 4.69) is 5.32 Å². The number of amides is 1. The second-order valence-corrected chi connectivity index (χ2v) is 4.56. The van der Waals surface area contributed by atoms with E-state index >= 15 is 0 Å². The minimum atomic E-state index is -0.600. The molecule has 19 heavy (non-hydrogen) atoms. The Kier molecular flexibility index (Phi) is 4.01. The van der Waals surface area contributed by atoms with Crippen LogP contribution in [0.5, 0.6) is 5.75 Å². The number of aliphatic hydroxyl groups excluding tert-OH is 1. The van der Waals surface area contributed by atoms with Crippen molar-refractivity contribution in [2.45, 2.75) is 12.1 Å². The number of rotatable bonds is 3. The van der Waals surface area contributed by atoms with Crippen LogP contribution in [0.3, 0.4) is 0 Å². The van der Waals surface area contributed by atoms with Crippen molar-refractivity contribution in [2.24, 2.45) is 0 Å². The molecule has 6 heteroatoms. The van der Waals surface area contributed by atoms with Gasteiger partial charge in [-0.2, -0.15) is 0 Å². The number of β-amino-alcohol motifs (C(OH)–C–C–N with tert-alkyl or cyclic N) is 1. The van der Waals surface area contributed by atoms with E-state index in [-0.39, 0.29) is 23.3 Å². The molecule has 104 valence electrons. The highest BCUT2D eigenvalue weighted by molar-refractivity contribution is 5.94. The molecule has 1 heterocycles. The minimum absolute atomic E-state index is 0.0989. The number of nitrogens with zero attached hydrogens (tertiary/aromatic N) is 1. The van der Waals surface area contributed by atoms with Gasteiger partial charge in [-0.05, 0) is 18.2 Å². The molecule has 1 aliphatic rings. The molecule has 0 aliphatic carbocycles. The summed E-state index contributed by atoms with van der Waals surface area (Å²) in [5.41, 5.74) is 0.236. The Bertz CT molecular complexity index is 481. The van der Waals surface area contributed by atoms with Gasteiger partial charge in [0.2, 0.25) is 0 Å². The van der Waals surface area contributed by atoms with Crippen molar-refractivity contribution in [1.82, 2.24) is 10.2 Å². The minimum Gasteiger partial charge on any atom is -0.494 e. The first-order valence-corrected chi connectivity index (χ1v) is 6.04. The molecule has 0 unspecified atom stereocenters. The van der Waals surface area contributed by atoms with Crippen molar-refractivity contribution < 1.29 is 19.0 Å². The number of methoxy groups -OCH3 is 1. The molecule has 5 nitrogen and oxygen atoms in total. The second-order valence-electron chi connectivity index (χ2n) is 4.56. The van der Waals surface area contributed by atoms with Gasteiger partial charge in [0, 0.05) is 25.7 Å². The number of carbonyl (C=O) groups excluding carboxylic acids is 1. The number of benzene rings is 1. The summed E-state index contributed by atoms with van der Waals surface area (Å²) in [5.74, 6) is -0.803. The molecule has 0 radical (unpaired) electrons. The van der Waals surface area contributed by atoms with Gasteiger partial charge in [-0.1, -0.05) is 0 Å². The number of likely N-dealkylation sites (N-methyl/N-ethyl adjacent to an activating group) is 1. The first-order chi connectivity index (χ1) is 9.04. The quantitative estimate of drug-likeness (QED) is 0.824. The zero-order chi connectivity index (χ0) is 14.0. The molecule has 0 saturated carbocycles. The fourth-order valence-corrected chi connectivity index (χ4v) is 2.20. The number of hydrogen-bond donors (Lipinski definition) is 2. The van der Waals surface area contributed by atoms with Gasteiger partial charge >= 0.3 is 0 Å². The third-order valence-corrected chi connectivity index (χ3v) is 3.37. The van der Waals surface area contributed by atoms with Crippen molar-refractivity contribution in [1.29, 1.82) is 0 Å². The van der Waals surface area contributed by atoms with Crippen LogP contribution in [0.1, 0.15) is 10.4 Å². The Hall–Kier alpha value is -1.66. The zero-order valence-corrected chi connectivity index (χ0v) is 10.9. The molecular weight excluding hydrogens is 251 g/mol. The lowest BCUT2D eigenvalue weighted by atomic mass is 10.1. The first-order valence-electron chi connectivity index (χ1n) is 6.04. The van der Waals surface area contributed by atoms with Crippen LogP contribution in [0, 0.1) is 5.82 Å². The highest BCUT2D eigenvalue weighted by Crippen LogP contribution is 2.19. The Morgan fingerprint density at radius 1 is 1.53 bits per heavy atom. The molecule has 1 amide bonds. The first kappa shape index (κ1) is 13.8. The number of nitrogens with one attached hydrogen (secondary N) is 1. The fourth-order valence-electron chi connectivity index (χ4n) is 2.20. The Morgan fingerprint density at radius 2 is 2.26 bits per heavy atom. The van der Waals surface area contributed by atoms with Gasteiger partial charge in [-0.3, -0.25) is 4.79 Å². The van der Waals surface area contributed by atoms with Crippen molar-refractivity contribution in [2.75, 3.05) is 27.2 Å². The van der Waals surface area contributed by atoms with Gasteiger partial charge in [0.25, 0.3) is 5.91 Å². The van der Waals surface area contributed by atoms with E-state index in [9.17, 15) is 14.3 Å². The highest BCUT2D eigenvalue weighted by Gasteiger charge is 2.31. The summed E-state index contributed by atoms with van der Waals surface area (Å²) in [4.78, 5) is 13.6. The van der Waals surface area contributed by atoms with E-state index in [1.165, 1.54) is 24.1 Å². The van der Waals surface area contributed by atoms with Crippen molar-refractivity contribution in [3.8, 4) is 5.75 Å². The molecule has 0 bridgehead atoms. The van der Waals surface area contributed by atoms with Crippen LogP contribution < -0.4 is 10.1 Å². The van der Waals surface area contributed by atoms with E-state index in [0.29, 0.717) is 13.1 Å². The van der Waals surface area contributed by atoms with E-state index in [0.717, 1.165) is 6.07 Å². The standard InChI is InChI=1S/C13H17FN2O3/c1-16(10-6-15-7-11(10)17)13(18)8-3-4-12(19-2)9(14)5-8/h3-5,10-11,15,17H,6-7H2,1-2H3/t10-,11-/m0/s1. The largest absolute Gasteiger partial charge is 0.494 e. The van der Waals surface area contributed by atoms with Crippen molar-refractivity contribution >= 4 is 5.91 Å². The van der Waals surface area contributed by atoms with Crippen molar-refractivity contribution in [3.63, 3.8) is 0 Å². The van der Waals surface area contributed by atoms with E-state index in [1.54, 1.807) is 7.05 Å². The van der Waals surface area contributed by atoms with Crippen molar-refractivity contribution in [3.05, 3.63) is 29.6 Å². The molecule has 1 aromatic rings. The molecule has 2 N–H and O–H groups in total. The van der Waals surface area contributed by atoms with E-state index in [4.69, 9.17) is 4.74 Å². The number of ether oxygens (including phenoxy) is 1. The van der Waals surface area contributed by atoms with E-state index < -0.39 is 11.9 Å². The SMILES string of the molecule is COc1ccc(C(=O)N(C)[C@H]2CNC[C@@H]2O)cc1F. The predicted octanol–water partition coefficient (Wildman–Crippen LogP) is 0.239. The third kappa shape index (κ3) is 2.69. The van der Waals surface area contributed by atoms with Crippen LogP contribution in [0.25, 0.3) is 0 Å². The lowest BCUT2D eigenvalue weighted by molar-refractivity contribution is 0.0580. The van der Waals surface area contributed by atoms with Crippen LogP contribution in [0.4, 0.5) is 4.39 Å². The maximum Gasteiger partial charge on any atom is 0.254 e. The molecule has 0 spiro atoms. The second kappa shape index (κ2) is 5.54. The lowest BCUT2D eigenvalue weighted by Crippen LogP contribution is -2.44. The molecule has 2 rings (SSSR count). The van der Waals surface area contributed by atoms with Crippen LogP contribution in [-0.4, -0.2) is 55.3 Å². The summed E-state index contributed by atoms with van der Waals surface area (Å²) >= 11 is 0.